The van der Waals surface area contributed by atoms with E-state index in [0.29, 0.717) is 12.5 Å². The van der Waals surface area contributed by atoms with Crippen molar-refractivity contribution in [3.63, 3.8) is 0 Å². The molecule has 0 aliphatic rings. The minimum atomic E-state index is -0.678. The number of nitriles is 1. The van der Waals surface area contributed by atoms with E-state index in [2.05, 4.69) is 15.6 Å². The molecule has 1 aromatic heterocycles. The molecule has 1 atom stereocenters. The topological polar surface area (TPSA) is 121 Å². The maximum absolute atomic E-state index is 11.8. The average Bonchev–Trinajstić information content (AvgIpc) is 2.44. The number of pyridine rings is 1. The van der Waals surface area contributed by atoms with Crippen LogP contribution in [0.5, 0.6) is 0 Å². The second-order valence-electron chi connectivity index (χ2n) is 4.97. The van der Waals surface area contributed by atoms with Crippen LogP contribution >= 0.6 is 0 Å². The number of carbonyl (C=O) groups excluding carboxylic acids is 1. The molecule has 0 saturated carbocycles. The van der Waals surface area contributed by atoms with E-state index < -0.39 is 11.0 Å². The van der Waals surface area contributed by atoms with Crippen LogP contribution in [0.4, 0.5) is 11.5 Å². The molecule has 0 saturated heterocycles. The van der Waals surface area contributed by atoms with Gasteiger partial charge in [0.05, 0.1) is 10.5 Å². The molecule has 8 heteroatoms. The Hall–Kier alpha value is -2.69. The number of nitrogens with zero attached hydrogens (tertiary/aromatic N) is 3. The molecule has 21 heavy (non-hydrogen) atoms. The van der Waals surface area contributed by atoms with Gasteiger partial charge >= 0.3 is 5.69 Å². The summed E-state index contributed by atoms with van der Waals surface area (Å²) in [6.07, 6.45) is 1.22. The Morgan fingerprint density at radius 2 is 2.19 bits per heavy atom. The van der Waals surface area contributed by atoms with Crippen LogP contribution in [0.2, 0.25) is 0 Å². The lowest BCUT2D eigenvalue weighted by molar-refractivity contribution is -0.384. The second-order valence-corrected chi connectivity index (χ2v) is 4.97. The number of rotatable bonds is 6. The Kier molecular flexibility index (Phi) is 5.60. The summed E-state index contributed by atoms with van der Waals surface area (Å²) in [6.45, 7) is 6.03. The van der Waals surface area contributed by atoms with E-state index in [1.807, 2.05) is 13.8 Å². The summed E-state index contributed by atoms with van der Waals surface area (Å²) in [5.74, 6) is -0.00104. The van der Waals surface area contributed by atoms with Crippen LogP contribution in [0, 0.1) is 27.4 Å². The van der Waals surface area contributed by atoms with Crippen LogP contribution in [0.25, 0.3) is 0 Å². The van der Waals surface area contributed by atoms with Gasteiger partial charge in [-0.15, -0.1) is 0 Å². The van der Waals surface area contributed by atoms with Crippen molar-refractivity contribution in [2.24, 2.45) is 5.92 Å². The first-order valence-corrected chi connectivity index (χ1v) is 6.44. The van der Waals surface area contributed by atoms with Crippen LogP contribution in [-0.4, -0.2) is 28.4 Å². The van der Waals surface area contributed by atoms with Gasteiger partial charge in [-0.2, -0.15) is 5.26 Å². The Labute approximate surface area is 122 Å². The molecule has 1 heterocycles. The monoisotopic (exact) mass is 291 g/mol. The van der Waals surface area contributed by atoms with E-state index in [1.165, 1.54) is 6.20 Å². The van der Waals surface area contributed by atoms with Crippen molar-refractivity contribution in [2.45, 2.75) is 26.8 Å². The molecule has 0 aliphatic carbocycles. The van der Waals surface area contributed by atoms with Gasteiger partial charge in [0.1, 0.15) is 12.1 Å². The summed E-state index contributed by atoms with van der Waals surface area (Å²) in [7, 11) is 0. The third-order valence-electron chi connectivity index (χ3n) is 2.62. The molecule has 0 radical (unpaired) electrons. The predicted octanol–water partition coefficient (Wildman–Crippen LogP) is 1.43. The van der Waals surface area contributed by atoms with Crippen molar-refractivity contribution in [3.8, 4) is 6.07 Å². The third kappa shape index (κ3) is 4.72. The van der Waals surface area contributed by atoms with Gasteiger partial charge in [0.25, 0.3) is 0 Å². The first-order chi connectivity index (χ1) is 9.85. The quantitative estimate of drug-likeness (QED) is 0.604. The number of hydrogen-bond donors (Lipinski definition) is 2. The van der Waals surface area contributed by atoms with Crippen molar-refractivity contribution < 1.29 is 9.72 Å². The van der Waals surface area contributed by atoms with Crippen molar-refractivity contribution >= 4 is 17.4 Å². The van der Waals surface area contributed by atoms with Crippen LogP contribution < -0.4 is 10.6 Å². The molecular weight excluding hydrogens is 274 g/mol. The van der Waals surface area contributed by atoms with Gasteiger partial charge in [0.2, 0.25) is 11.7 Å². The maximum Gasteiger partial charge on any atom is 0.312 e. The standard InChI is InChI=1S/C13H17N5O3/c1-8(2)6-16-13(19)9(3)17-12-11(18(20)21)4-10(5-14)7-15-12/h4,7-9H,6H2,1-3H3,(H,15,17)(H,16,19). The zero-order valence-corrected chi connectivity index (χ0v) is 12.1. The number of nitro groups is 1. The molecule has 0 spiro atoms. The molecular formula is C13H17N5O3. The van der Waals surface area contributed by atoms with Gasteiger partial charge in [-0.3, -0.25) is 14.9 Å². The van der Waals surface area contributed by atoms with Gasteiger partial charge in [-0.1, -0.05) is 13.8 Å². The first-order valence-electron chi connectivity index (χ1n) is 6.44. The first kappa shape index (κ1) is 16.4. The van der Waals surface area contributed by atoms with Crippen LogP contribution in [0.15, 0.2) is 12.3 Å². The second kappa shape index (κ2) is 7.19. The highest BCUT2D eigenvalue weighted by atomic mass is 16.6. The van der Waals surface area contributed by atoms with E-state index in [9.17, 15) is 14.9 Å². The maximum atomic E-state index is 11.8. The number of carbonyl (C=O) groups is 1. The Morgan fingerprint density at radius 3 is 2.71 bits per heavy atom. The summed E-state index contributed by atoms with van der Waals surface area (Å²) < 4.78 is 0. The summed E-state index contributed by atoms with van der Waals surface area (Å²) >= 11 is 0. The predicted molar refractivity (Wildman–Crippen MR) is 76.5 cm³/mol. The molecule has 0 fully saturated rings. The molecule has 0 aromatic carbocycles. The van der Waals surface area contributed by atoms with Crippen molar-refractivity contribution in [3.05, 3.63) is 27.9 Å². The van der Waals surface area contributed by atoms with E-state index in [4.69, 9.17) is 5.26 Å². The largest absolute Gasteiger partial charge is 0.354 e. The Morgan fingerprint density at radius 1 is 1.52 bits per heavy atom. The minimum absolute atomic E-state index is 0.0359. The third-order valence-corrected chi connectivity index (χ3v) is 2.62. The SMILES string of the molecule is CC(C)CNC(=O)C(C)Nc1ncc(C#N)cc1[N+](=O)[O-]. The molecule has 112 valence electrons. The Bertz CT molecular complexity index is 580. The molecule has 1 unspecified atom stereocenters. The summed E-state index contributed by atoms with van der Waals surface area (Å²) in [4.78, 5) is 26.0. The number of anilines is 1. The highest BCUT2D eigenvalue weighted by Crippen LogP contribution is 2.23. The molecule has 8 nitrogen and oxygen atoms in total. The zero-order chi connectivity index (χ0) is 16.0. The molecule has 1 amide bonds. The van der Waals surface area contributed by atoms with Crippen molar-refractivity contribution in [1.82, 2.24) is 10.3 Å². The fourth-order valence-electron chi connectivity index (χ4n) is 1.49. The summed E-state index contributed by atoms with van der Waals surface area (Å²) in [5.41, 5.74) is -0.248. The van der Waals surface area contributed by atoms with E-state index in [0.717, 1.165) is 6.07 Å². The lowest BCUT2D eigenvalue weighted by Gasteiger charge is -2.15. The Balaban J connectivity index is 2.85. The lowest BCUT2D eigenvalue weighted by Crippen LogP contribution is -2.39. The lowest BCUT2D eigenvalue weighted by atomic mass is 10.2. The minimum Gasteiger partial charge on any atom is -0.354 e. The highest BCUT2D eigenvalue weighted by Gasteiger charge is 2.21. The number of aromatic nitrogens is 1. The van der Waals surface area contributed by atoms with Crippen LogP contribution in [0.3, 0.4) is 0 Å². The molecule has 0 aliphatic heterocycles. The van der Waals surface area contributed by atoms with Gasteiger partial charge in [-0.05, 0) is 12.8 Å². The van der Waals surface area contributed by atoms with Crippen LogP contribution in [-0.2, 0) is 4.79 Å². The van der Waals surface area contributed by atoms with Gasteiger partial charge in [0.15, 0.2) is 0 Å². The van der Waals surface area contributed by atoms with Gasteiger partial charge in [0, 0.05) is 18.8 Å². The molecule has 2 N–H and O–H groups in total. The number of nitrogens with one attached hydrogen (secondary N) is 2. The number of hydrogen-bond acceptors (Lipinski definition) is 6. The summed E-state index contributed by atoms with van der Waals surface area (Å²) in [5, 5.41) is 25.1. The van der Waals surface area contributed by atoms with Gasteiger partial charge in [-0.25, -0.2) is 4.98 Å². The van der Waals surface area contributed by atoms with Gasteiger partial charge < -0.3 is 10.6 Å². The summed E-state index contributed by atoms with van der Waals surface area (Å²) in [6, 6.07) is 2.23. The van der Waals surface area contributed by atoms with E-state index in [1.54, 1.807) is 13.0 Å². The van der Waals surface area contributed by atoms with Crippen molar-refractivity contribution in [2.75, 3.05) is 11.9 Å². The van der Waals surface area contributed by atoms with Crippen LogP contribution in [0.1, 0.15) is 26.3 Å². The smallest absolute Gasteiger partial charge is 0.312 e. The molecule has 1 rings (SSSR count). The number of amides is 1. The fraction of sp³-hybridized carbons (Fsp3) is 0.462. The van der Waals surface area contributed by atoms with E-state index >= 15 is 0 Å². The normalized spacial score (nSPS) is 11.6. The molecule has 1 aromatic rings. The zero-order valence-electron chi connectivity index (χ0n) is 12.1. The van der Waals surface area contributed by atoms with E-state index in [-0.39, 0.29) is 23.0 Å². The molecule has 0 bridgehead atoms. The highest BCUT2D eigenvalue weighted by molar-refractivity contribution is 5.84. The average molecular weight is 291 g/mol. The fourth-order valence-corrected chi connectivity index (χ4v) is 1.49. The van der Waals surface area contributed by atoms with Crippen molar-refractivity contribution in [1.29, 1.82) is 5.26 Å².